The van der Waals surface area contributed by atoms with Crippen LogP contribution in [0.2, 0.25) is 5.02 Å². The van der Waals surface area contributed by atoms with E-state index in [0.29, 0.717) is 22.8 Å². The van der Waals surface area contributed by atoms with Crippen molar-refractivity contribution < 1.29 is 17.2 Å². The Morgan fingerprint density at radius 1 is 1.15 bits per heavy atom. The van der Waals surface area contributed by atoms with Gasteiger partial charge in [-0.3, -0.25) is 4.98 Å². The Morgan fingerprint density at radius 2 is 1.94 bits per heavy atom. The van der Waals surface area contributed by atoms with E-state index in [0.717, 1.165) is 6.26 Å². The van der Waals surface area contributed by atoms with E-state index in [1.54, 1.807) is 24.3 Å². The fourth-order valence-electron chi connectivity index (χ4n) is 3.43. The molecule has 1 aliphatic rings. The zero-order valence-electron chi connectivity index (χ0n) is 17.2. The molecular weight excluding hydrogens is 472 g/mol. The summed E-state index contributed by atoms with van der Waals surface area (Å²) in [6.07, 6.45) is -1.57. The molecular formula is C22H16ClF2N5O2S. The molecule has 11 heteroatoms. The van der Waals surface area contributed by atoms with Gasteiger partial charge < -0.3 is 10.2 Å². The smallest absolute Gasteiger partial charge is 0.277 e. The Labute approximate surface area is 193 Å². The monoisotopic (exact) mass is 487 g/mol. The van der Waals surface area contributed by atoms with Crippen LogP contribution in [0, 0.1) is 6.57 Å². The highest BCUT2D eigenvalue weighted by Crippen LogP contribution is 2.39. The van der Waals surface area contributed by atoms with Crippen LogP contribution in [0.3, 0.4) is 0 Å². The zero-order chi connectivity index (χ0) is 23.8. The Morgan fingerprint density at radius 3 is 2.64 bits per heavy atom. The highest BCUT2D eigenvalue weighted by atomic mass is 35.5. The van der Waals surface area contributed by atoms with E-state index in [4.69, 9.17) is 18.2 Å². The minimum Gasteiger partial charge on any atom is -0.361 e. The third-order valence-electron chi connectivity index (χ3n) is 4.86. The number of alkyl halides is 2. The predicted molar refractivity (Wildman–Crippen MR) is 122 cm³/mol. The molecule has 0 amide bonds. The van der Waals surface area contributed by atoms with Crippen molar-refractivity contribution in [3.8, 4) is 0 Å². The number of fused-ring (bicyclic) bond motifs is 1. The van der Waals surface area contributed by atoms with Gasteiger partial charge in [-0.2, -0.15) is 0 Å². The predicted octanol–water partition coefficient (Wildman–Crippen LogP) is 5.31. The van der Waals surface area contributed by atoms with Gasteiger partial charge in [0.15, 0.2) is 9.84 Å². The summed E-state index contributed by atoms with van der Waals surface area (Å²) in [6, 6.07) is 11.0. The van der Waals surface area contributed by atoms with Gasteiger partial charge in [0, 0.05) is 17.7 Å². The number of hydrogen-bond donors (Lipinski definition) is 1. The molecule has 168 valence electrons. The van der Waals surface area contributed by atoms with Crippen LogP contribution in [0.15, 0.2) is 52.4 Å². The molecule has 1 aromatic carbocycles. The summed E-state index contributed by atoms with van der Waals surface area (Å²) in [5, 5.41) is 3.26. The van der Waals surface area contributed by atoms with E-state index in [1.807, 2.05) is 0 Å². The Kier molecular flexibility index (Phi) is 6.10. The van der Waals surface area contributed by atoms with Crippen molar-refractivity contribution in [3.05, 3.63) is 76.0 Å². The Bertz CT molecular complexity index is 1440. The van der Waals surface area contributed by atoms with Crippen LogP contribution in [0.1, 0.15) is 17.1 Å². The second kappa shape index (κ2) is 8.84. The molecule has 3 aromatic rings. The summed E-state index contributed by atoms with van der Waals surface area (Å²) in [5.74, 6) is 0.231. The van der Waals surface area contributed by atoms with Crippen LogP contribution >= 0.6 is 11.6 Å². The lowest BCUT2D eigenvalue weighted by atomic mass is 10.1. The van der Waals surface area contributed by atoms with Crippen molar-refractivity contribution in [2.75, 3.05) is 11.6 Å². The number of hydrogen-bond acceptors (Lipinski definition) is 6. The first kappa shape index (κ1) is 22.8. The van der Waals surface area contributed by atoms with Crippen LogP contribution in [-0.4, -0.2) is 36.8 Å². The van der Waals surface area contributed by atoms with Crippen LogP contribution in [0.5, 0.6) is 0 Å². The summed E-state index contributed by atoms with van der Waals surface area (Å²) >= 11 is 5.98. The minimum atomic E-state index is -3.64. The van der Waals surface area contributed by atoms with E-state index in [9.17, 15) is 17.2 Å². The van der Waals surface area contributed by atoms with Crippen LogP contribution in [0.4, 0.5) is 31.7 Å². The van der Waals surface area contributed by atoms with Gasteiger partial charge in [0.2, 0.25) is 0 Å². The van der Waals surface area contributed by atoms with E-state index in [1.165, 1.54) is 18.2 Å². The molecule has 3 heterocycles. The van der Waals surface area contributed by atoms with Gasteiger partial charge in [-0.1, -0.05) is 24.2 Å². The number of aromatic nitrogens is 2. The average Bonchev–Trinajstić information content (AvgIpc) is 3.19. The van der Waals surface area contributed by atoms with Crippen molar-refractivity contribution >= 4 is 50.0 Å². The van der Waals surface area contributed by atoms with Crippen LogP contribution in [-0.2, 0) is 22.7 Å². The van der Waals surface area contributed by atoms with Crippen molar-refractivity contribution in [2.45, 2.75) is 24.2 Å². The molecule has 0 saturated heterocycles. The molecule has 1 aliphatic heterocycles. The topological polar surface area (TPSA) is 88.7 Å². The molecule has 0 saturated carbocycles. The lowest BCUT2D eigenvalue weighted by molar-refractivity contribution is 0.224. The largest absolute Gasteiger partial charge is 0.361 e. The van der Waals surface area contributed by atoms with Crippen molar-refractivity contribution in [1.82, 2.24) is 9.97 Å². The summed E-state index contributed by atoms with van der Waals surface area (Å²) in [5.41, 5.74) is 1.91. The van der Waals surface area contributed by atoms with Gasteiger partial charge in [0.1, 0.15) is 11.4 Å². The second-order valence-electron chi connectivity index (χ2n) is 7.35. The SMILES string of the molecule is [C-]#[N+]c1cccc(Cc2cc(Nc3ccc(Cl)cc3S(C)(=O)=O)c3c(n2)CC(C(F)F)=N3)n1. The molecule has 0 unspecified atom stereocenters. The number of pyridine rings is 2. The third kappa shape index (κ3) is 4.99. The minimum absolute atomic E-state index is 0.0374. The first-order chi connectivity index (χ1) is 15.6. The first-order valence-electron chi connectivity index (χ1n) is 9.62. The molecule has 0 fully saturated rings. The molecule has 33 heavy (non-hydrogen) atoms. The summed E-state index contributed by atoms with van der Waals surface area (Å²) in [4.78, 5) is 16.0. The molecule has 0 bridgehead atoms. The normalized spacial score (nSPS) is 12.9. The summed E-state index contributed by atoms with van der Waals surface area (Å²) < 4.78 is 51.2. The number of aliphatic imine (C=N–C) groups is 1. The summed E-state index contributed by atoms with van der Waals surface area (Å²) in [7, 11) is -3.64. The molecule has 0 radical (unpaired) electrons. The lowest BCUT2D eigenvalue weighted by Gasteiger charge is -2.14. The molecule has 0 spiro atoms. The van der Waals surface area contributed by atoms with Gasteiger partial charge in [-0.25, -0.2) is 22.2 Å². The Balaban J connectivity index is 1.79. The van der Waals surface area contributed by atoms with Crippen molar-refractivity contribution in [2.24, 2.45) is 4.99 Å². The Hall–Kier alpha value is -3.42. The number of nitrogens with one attached hydrogen (secondary N) is 1. The maximum absolute atomic E-state index is 13.3. The molecule has 1 N–H and O–H groups in total. The quantitative estimate of drug-likeness (QED) is 0.476. The number of sulfone groups is 1. The number of halogens is 3. The number of rotatable bonds is 6. The number of nitrogens with zero attached hydrogens (tertiary/aromatic N) is 4. The maximum Gasteiger partial charge on any atom is 0.277 e. The van der Waals surface area contributed by atoms with Gasteiger partial charge in [-0.05, 0) is 36.4 Å². The van der Waals surface area contributed by atoms with Gasteiger partial charge in [0.05, 0.1) is 39.8 Å². The van der Waals surface area contributed by atoms with E-state index < -0.39 is 16.3 Å². The van der Waals surface area contributed by atoms with Crippen molar-refractivity contribution in [3.63, 3.8) is 0 Å². The van der Waals surface area contributed by atoms with Crippen LogP contribution in [0.25, 0.3) is 4.85 Å². The third-order valence-corrected chi connectivity index (χ3v) is 6.23. The fraction of sp³-hybridized carbons (Fsp3) is 0.182. The molecule has 2 aromatic heterocycles. The van der Waals surface area contributed by atoms with Crippen molar-refractivity contribution in [1.29, 1.82) is 0 Å². The maximum atomic E-state index is 13.3. The first-order valence-corrected chi connectivity index (χ1v) is 11.9. The highest BCUT2D eigenvalue weighted by molar-refractivity contribution is 7.90. The standard InChI is InChI=1S/C22H16ClF2N5O2S/c1-26-20-5-3-4-13(28-20)9-14-10-16(21-17(27-14)11-18(30-21)22(24)25)29-15-7-6-12(23)8-19(15)33(2,31)32/h3-8,10,22H,9,11H2,2H3,(H,27,29). The lowest BCUT2D eigenvalue weighted by Crippen LogP contribution is -2.10. The van der Waals surface area contributed by atoms with Crippen LogP contribution < -0.4 is 5.32 Å². The highest BCUT2D eigenvalue weighted by Gasteiger charge is 2.27. The molecule has 7 nitrogen and oxygen atoms in total. The molecule has 4 rings (SSSR count). The molecule has 0 atom stereocenters. The average molecular weight is 488 g/mol. The number of anilines is 2. The summed E-state index contributed by atoms with van der Waals surface area (Å²) in [6.45, 7) is 7.12. The van der Waals surface area contributed by atoms with E-state index in [2.05, 4.69) is 25.1 Å². The fourth-order valence-corrected chi connectivity index (χ4v) is 4.52. The van der Waals surface area contributed by atoms with Gasteiger partial charge in [-0.15, -0.1) is 4.98 Å². The second-order valence-corrected chi connectivity index (χ2v) is 9.77. The van der Waals surface area contributed by atoms with Gasteiger partial charge in [0.25, 0.3) is 12.2 Å². The van der Waals surface area contributed by atoms with E-state index in [-0.39, 0.29) is 45.7 Å². The van der Waals surface area contributed by atoms with E-state index >= 15 is 0 Å². The van der Waals surface area contributed by atoms with Gasteiger partial charge >= 0.3 is 0 Å². The number of benzene rings is 1. The zero-order valence-corrected chi connectivity index (χ0v) is 18.8. The molecule has 0 aliphatic carbocycles.